The first kappa shape index (κ1) is 12.4. The van der Waals surface area contributed by atoms with Crippen LogP contribution in [0.1, 0.15) is 16.1 Å². The molecule has 0 fully saturated rings. The first-order valence-corrected chi connectivity index (χ1v) is 5.57. The molecule has 1 aromatic carbocycles. The Morgan fingerprint density at radius 2 is 2.11 bits per heavy atom. The quantitative estimate of drug-likeness (QED) is 0.920. The van der Waals surface area contributed by atoms with Crippen molar-refractivity contribution < 1.29 is 14.6 Å². The lowest BCUT2D eigenvalue weighted by Gasteiger charge is -2.09. The van der Waals surface area contributed by atoms with Crippen LogP contribution in [0.4, 0.5) is 0 Å². The fourth-order valence-electron chi connectivity index (χ4n) is 1.47. The van der Waals surface area contributed by atoms with Crippen molar-refractivity contribution in [2.24, 2.45) is 0 Å². The highest BCUT2D eigenvalue weighted by Crippen LogP contribution is 2.28. The number of hydrogen-bond donors (Lipinski definition) is 1. The van der Waals surface area contributed by atoms with Gasteiger partial charge in [0.15, 0.2) is 0 Å². The van der Waals surface area contributed by atoms with Gasteiger partial charge in [-0.3, -0.25) is 4.98 Å². The predicted octanol–water partition coefficient (Wildman–Crippen LogP) is 3.53. The number of rotatable bonds is 3. The van der Waals surface area contributed by atoms with E-state index in [4.69, 9.17) is 21.4 Å². The predicted molar refractivity (Wildman–Crippen MR) is 67.5 cm³/mol. The first-order valence-electron chi connectivity index (χ1n) is 5.19. The standard InChI is InChI=1S/C13H10ClNO3/c1-8-6-10(4-5-15-8)18-12-7-9(14)2-3-11(12)13(16)17/h2-7H,1H3,(H,16,17). The zero-order valence-electron chi connectivity index (χ0n) is 9.55. The topological polar surface area (TPSA) is 59.4 Å². The molecule has 0 amide bonds. The Balaban J connectivity index is 2.39. The number of aryl methyl sites for hydroxylation is 1. The van der Waals surface area contributed by atoms with Crippen molar-refractivity contribution in [2.75, 3.05) is 0 Å². The average molecular weight is 264 g/mol. The molecule has 0 saturated heterocycles. The minimum absolute atomic E-state index is 0.0638. The summed E-state index contributed by atoms with van der Waals surface area (Å²) in [5.74, 6) is -0.333. The van der Waals surface area contributed by atoms with Crippen LogP contribution in [0.15, 0.2) is 36.5 Å². The van der Waals surface area contributed by atoms with E-state index in [2.05, 4.69) is 4.98 Å². The Kier molecular flexibility index (Phi) is 3.48. The molecule has 2 rings (SSSR count). The maximum atomic E-state index is 11.1. The van der Waals surface area contributed by atoms with Crippen LogP contribution in [0.3, 0.4) is 0 Å². The molecule has 0 radical (unpaired) electrons. The molecule has 18 heavy (non-hydrogen) atoms. The van der Waals surface area contributed by atoms with Crippen molar-refractivity contribution in [3.8, 4) is 11.5 Å². The number of carbonyl (C=O) groups is 1. The summed E-state index contributed by atoms with van der Waals surface area (Å²) in [7, 11) is 0. The van der Waals surface area contributed by atoms with Crippen molar-refractivity contribution in [3.63, 3.8) is 0 Å². The highest BCUT2D eigenvalue weighted by molar-refractivity contribution is 6.30. The molecule has 4 nitrogen and oxygen atoms in total. The molecule has 2 aromatic rings. The third kappa shape index (κ3) is 2.78. The molecule has 0 aliphatic carbocycles. The number of aromatic carboxylic acids is 1. The molecular formula is C13H10ClNO3. The Morgan fingerprint density at radius 3 is 2.78 bits per heavy atom. The van der Waals surface area contributed by atoms with Gasteiger partial charge in [0.25, 0.3) is 0 Å². The number of ether oxygens (including phenoxy) is 1. The summed E-state index contributed by atoms with van der Waals surface area (Å²) in [6.45, 7) is 1.82. The van der Waals surface area contributed by atoms with Crippen molar-refractivity contribution in [1.82, 2.24) is 4.98 Å². The van der Waals surface area contributed by atoms with Gasteiger partial charge in [0.2, 0.25) is 0 Å². The van der Waals surface area contributed by atoms with Gasteiger partial charge in [-0.05, 0) is 25.1 Å². The normalized spacial score (nSPS) is 10.1. The van der Waals surface area contributed by atoms with Gasteiger partial charge < -0.3 is 9.84 Å². The van der Waals surface area contributed by atoms with E-state index in [0.717, 1.165) is 5.69 Å². The number of carboxylic acid groups (broad SMARTS) is 1. The highest BCUT2D eigenvalue weighted by atomic mass is 35.5. The van der Waals surface area contributed by atoms with Gasteiger partial charge in [0.1, 0.15) is 17.1 Å². The lowest BCUT2D eigenvalue weighted by Crippen LogP contribution is -2.00. The number of nitrogens with zero attached hydrogens (tertiary/aromatic N) is 1. The Bertz CT molecular complexity index is 599. The summed E-state index contributed by atoms with van der Waals surface area (Å²) < 4.78 is 5.53. The molecular weight excluding hydrogens is 254 g/mol. The third-order valence-electron chi connectivity index (χ3n) is 2.27. The van der Waals surface area contributed by atoms with Crippen LogP contribution < -0.4 is 4.74 Å². The van der Waals surface area contributed by atoms with Crippen molar-refractivity contribution in [1.29, 1.82) is 0 Å². The molecule has 1 aromatic heterocycles. The molecule has 1 heterocycles. The van der Waals surface area contributed by atoms with E-state index in [1.54, 1.807) is 18.3 Å². The summed E-state index contributed by atoms with van der Waals surface area (Å²) in [5, 5.41) is 9.47. The van der Waals surface area contributed by atoms with Gasteiger partial charge in [0, 0.05) is 29.0 Å². The SMILES string of the molecule is Cc1cc(Oc2cc(Cl)ccc2C(=O)O)ccn1. The second kappa shape index (κ2) is 5.06. The zero-order valence-corrected chi connectivity index (χ0v) is 10.3. The molecule has 0 aliphatic rings. The Hall–Kier alpha value is -2.07. The molecule has 0 bridgehead atoms. The second-order valence-corrected chi connectivity index (χ2v) is 4.12. The Labute approximate surface area is 109 Å². The minimum Gasteiger partial charge on any atom is -0.478 e. The first-order chi connectivity index (χ1) is 8.56. The van der Waals surface area contributed by atoms with Crippen LogP contribution in [0.5, 0.6) is 11.5 Å². The summed E-state index contributed by atoms with van der Waals surface area (Å²) in [6, 6.07) is 7.76. The fourth-order valence-corrected chi connectivity index (χ4v) is 1.63. The van der Waals surface area contributed by atoms with E-state index < -0.39 is 5.97 Å². The lowest BCUT2D eigenvalue weighted by atomic mass is 10.2. The van der Waals surface area contributed by atoms with E-state index in [-0.39, 0.29) is 11.3 Å². The fraction of sp³-hybridized carbons (Fsp3) is 0.0769. The molecule has 5 heteroatoms. The van der Waals surface area contributed by atoms with Gasteiger partial charge in [-0.15, -0.1) is 0 Å². The minimum atomic E-state index is -1.06. The highest BCUT2D eigenvalue weighted by Gasteiger charge is 2.12. The number of pyridine rings is 1. The molecule has 0 unspecified atom stereocenters. The van der Waals surface area contributed by atoms with Crippen LogP contribution in [-0.2, 0) is 0 Å². The summed E-state index contributed by atoms with van der Waals surface area (Å²) in [4.78, 5) is 15.1. The van der Waals surface area contributed by atoms with Crippen LogP contribution in [0.25, 0.3) is 0 Å². The smallest absolute Gasteiger partial charge is 0.339 e. The monoisotopic (exact) mass is 263 g/mol. The van der Waals surface area contributed by atoms with Crippen LogP contribution in [0, 0.1) is 6.92 Å². The maximum Gasteiger partial charge on any atom is 0.339 e. The summed E-state index contributed by atoms with van der Waals surface area (Å²) in [6.07, 6.45) is 1.59. The summed E-state index contributed by atoms with van der Waals surface area (Å²) in [5.41, 5.74) is 0.847. The van der Waals surface area contributed by atoms with E-state index in [0.29, 0.717) is 10.8 Å². The van der Waals surface area contributed by atoms with Crippen LogP contribution in [0.2, 0.25) is 5.02 Å². The van der Waals surface area contributed by atoms with E-state index in [1.165, 1.54) is 18.2 Å². The number of halogens is 1. The van der Waals surface area contributed by atoms with Crippen LogP contribution >= 0.6 is 11.6 Å². The van der Waals surface area contributed by atoms with Gasteiger partial charge in [-0.2, -0.15) is 0 Å². The third-order valence-corrected chi connectivity index (χ3v) is 2.51. The maximum absolute atomic E-state index is 11.1. The van der Waals surface area contributed by atoms with E-state index in [9.17, 15) is 4.79 Å². The number of benzene rings is 1. The molecule has 0 spiro atoms. The molecule has 0 atom stereocenters. The zero-order chi connectivity index (χ0) is 13.1. The second-order valence-electron chi connectivity index (χ2n) is 3.68. The Morgan fingerprint density at radius 1 is 1.33 bits per heavy atom. The van der Waals surface area contributed by atoms with Crippen molar-refractivity contribution in [3.05, 3.63) is 52.8 Å². The largest absolute Gasteiger partial charge is 0.478 e. The molecule has 1 N–H and O–H groups in total. The van der Waals surface area contributed by atoms with Gasteiger partial charge in [-0.1, -0.05) is 11.6 Å². The number of aromatic nitrogens is 1. The van der Waals surface area contributed by atoms with E-state index in [1.807, 2.05) is 6.92 Å². The lowest BCUT2D eigenvalue weighted by molar-refractivity contribution is 0.0694. The number of carboxylic acids is 1. The van der Waals surface area contributed by atoms with Crippen molar-refractivity contribution in [2.45, 2.75) is 6.92 Å². The summed E-state index contributed by atoms with van der Waals surface area (Å²) >= 11 is 5.83. The van der Waals surface area contributed by atoms with E-state index >= 15 is 0 Å². The average Bonchev–Trinajstić information content (AvgIpc) is 2.28. The molecule has 92 valence electrons. The van der Waals surface area contributed by atoms with Crippen molar-refractivity contribution >= 4 is 17.6 Å². The molecule has 0 saturated carbocycles. The molecule has 0 aliphatic heterocycles. The van der Waals surface area contributed by atoms with Gasteiger partial charge in [0.05, 0.1) is 0 Å². The number of hydrogen-bond acceptors (Lipinski definition) is 3. The van der Waals surface area contributed by atoms with Crippen LogP contribution in [-0.4, -0.2) is 16.1 Å². The van der Waals surface area contributed by atoms with Gasteiger partial charge in [-0.25, -0.2) is 4.79 Å². The van der Waals surface area contributed by atoms with Gasteiger partial charge >= 0.3 is 5.97 Å².